The minimum Gasteiger partial charge on any atom is -0.481 e. The first-order chi connectivity index (χ1) is 9.60. The van der Waals surface area contributed by atoms with Crippen LogP contribution in [0.15, 0.2) is 22.0 Å². The number of aliphatic carboxylic acids is 1. The summed E-state index contributed by atoms with van der Waals surface area (Å²) in [5.74, 6) is -0.131. The van der Waals surface area contributed by atoms with Crippen LogP contribution in [0.5, 0.6) is 0 Å². The summed E-state index contributed by atoms with van der Waals surface area (Å²) in [7, 11) is 0. The molecule has 0 bridgehead atoms. The van der Waals surface area contributed by atoms with Gasteiger partial charge in [-0.3, -0.25) is 9.69 Å². The van der Waals surface area contributed by atoms with E-state index < -0.39 is 11.9 Å². The summed E-state index contributed by atoms with van der Waals surface area (Å²) in [5, 5.41) is 14.8. The van der Waals surface area contributed by atoms with E-state index in [0.29, 0.717) is 24.8 Å². The maximum Gasteiger partial charge on any atom is 0.307 e. The highest BCUT2D eigenvalue weighted by Gasteiger charge is 2.18. The number of hydrogen-bond acceptors (Lipinski definition) is 6. The van der Waals surface area contributed by atoms with E-state index in [1.807, 2.05) is 29.3 Å². The summed E-state index contributed by atoms with van der Waals surface area (Å²) < 4.78 is 5.22. The zero-order valence-electron chi connectivity index (χ0n) is 11.4. The topological polar surface area (TPSA) is 79.5 Å². The van der Waals surface area contributed by atoms with Crippen LogP contribution in [0.25, 0.3) is 10.7 Å². The summed E-state index contributed by atoms with van der Waals surface area (Å²) in [4.78, 5) is 18.2. The zero-order chi connectivity index (χ0) is 14.5. The van der Waals surface area contributed by atoms with Crippen molar-refractivity contribution in [2.45, 2.75) is 20.4 Å². The van der Waals surface area contributed by atoms with E-state index in [4.69, 9.17) is 9.63 Å². The van der Waals surface area contributed by atoms with Gasteiger partial charge in [0.05, 0.1) is 17.3 Å². The monoisotopic (exact) mass is 295 g/mol. The fourth-order valence-electron chi connectivity index (χ4n) is 1.79. The fraction of sp³-hybridized carbons (Fsp3) is 0.462. The SMILES string of the molecule is CCN(Cc1nc(-c2cccs2)no1)CC(C)C(=O)O. The van der Waals surface area contributed by atoms with E-state index in [0.717, 1.165) is 11.4 Å². The second-order valence-electron chi connectivity index (χ2n) is 4.56. The van der Waals surface area contributed by atoms with E-state index in [1.54, 1.807) is 18.3 Å². The standard InChI is InChI=1S/C13H17N3O3S/c1-3-16(7-9(2)13(17)18)8-11-14-12(15-19-11)10-5-4-6-20-10/h4-6,9H,3,7-8H2,1-2H3,(H,17,18). The molecule has 0 fully saturated rings. The van der Waals surface area contributed by atoms with Crippen LogP contribution >= 0.6 is 11.3 Å². The average molecular weight is 295 g/mol. The van der Waals surface area contributed by atoms with Crippen molar-refractivity contribution in [2.75, 3.05) is 13.1 Å². The van der Waals surface area contributed by atoms with Gasteiger partial charge in [0.15, 0.2) is 0 Å². The molecule has 0 radical (unpaired) electrons. The van der Waals surface area contributed by atoms with Gasteiger partial charge in [-0.05, 0) is 18.0 Å². The second kappa shape index (κ2) is 6.62. The molecule has 1 atom stereocenters. The second-order valence-corrected chi connectivity index (χ2v) is 5.50. The molecule has 2 heterocycles. The Bertz CT molecular complexity index is 553. The van der Waals surface area contributed by atoms with Gasteiger partial charge in [-0.2, -0.15) is 4.98 Å². The van der Waals surface area contributed by atoms with Crippen molar-refractivity contribution < 1.29 is 14.4 Å². The number of aromatic nitrogens is 2. The lowest BCUT2D eigenvalue weighted by atomic mass is 10.1. The minimum atomic E-state index is -0.798. The van der Waals surface area contributed by atoms with Crippen LogP contribution in [0, 0.1) is 5.92 Å². The molecule has 0 aliphatic heterocycles. The molecule has 0 spiro atoms. The zero-order valence-corrected chi connectivity index (χ0v) is 12.3. The number of hydrogen-bond donors (Lipinski definition) is 1. The van der Waals surface area contributed by atoms with E-state index in [2.05, 4.69) is 10.1 Å². The Kier molecular flexibility index (Phi) is 4.86. The van der Waals surface area contributed by atoms with Crippen LogP contribution in [0.1, 0.15) is 19.7 Å². The van der Waals surface area contributed by atoms with E-state index >= 15 is 0 Å². The first kappa shape index (κ1) is 14.7. The van der Waals surface area contributed by atoms with E-state index in [9.17, 15) is 4.79 Å². The Morgan fingerprint density at radius 2 is 2.40 bits per heavy atom. The van der Waals surface area contributed by atoms with Gasteiger partial charge in [0.25, 0.3) is 0 Å². The summed E-state index contributed by atoms with van der Waals surface area (Å²) >= 11 is 1.55. The molecule has 1 unspecified atom stereocenters. The summed E-state index contributed by atoms with van der Waals surface area (Å²) in [5.41, 5.74) is 0. The molecule has 0 saturated carbocycles. The largest absolute Gasteiger partial charge is 0.481 e. The molecule has 0 amide bonds. The highest BCUT2D eigenvalue weighted by Crippen LogP contribution is 2.21. The Balaban J connectivity index is 1.99. The lowest BCUT2D eigenvalue weighted by molar-refractivity contribution is -0.141. The van der Waals surface area contributed by atoms with E-state index in [1.165, 1.54) is 0 Å². The van der Waals surface area contributed by atoms with Crippen LogP contribution in [-0.4, -0.2) is 39.2 Å². The van der Waals surface area contributed by atoms with Crippen molar-refractivity contribution in [1.82, 2.24) is 15.0 Å². The third kappa shape index (κ3) is 3.64. The maximum atomic E-state index is 10.9. The Hall–Kier alpha value is -1.73. The number of rotatable bonds is 7. The highest BCUT2D eigenvalue weighted by molar-refractivity contribution is 7.13. The third-order valence-electron chi connectivity index (χ3n) is 2.97. The number of carboxylic acids is 1. The first-order valence-corrected chi connectivity index (χ1v) is 7.29. The Morgan fingerprint density at radius 3 is 3.00 bits per heavy atom. The number of carbonyl (C=O) groups is 1. The lowest BCUT2D eigenvalue weighted by Crippen LogP contribution is -2.31. The molecular weight excluding hydrogens is 278 g/mol. The summed E-state index contributed by atoms with van der Waals surface area (Å²) in [6.45, 7) is 5.32. The molecule has 2 aromatic heterocycles. The summed E-state index contributed by atoms with van der Waals surface area (Å²) in [6.07, 6.45) is 0. The van der Waals surface area contributed by atoms with Crippen LogP contribution < -0.4 is 0 Å². The van der Waals surface area contributed by atoms with Crippen LogP contribution in [-0.2, 0) is 11.3 Å². The molecule has 1 N–H and O–H groups in total. The van der Waals surface area contributed by atoms with Gasteiger partial charge >= 0.3 is 5.97 Å². The molecular formula is C13H17N3O3S. The van der Waals surface area contributed by atoms with Crippen LogP contribution in [0.2, 0.25) is 0 Å². The van der Waals surface area contributed by atoms with Gasteiger partial charge in [0, 0.05) is 6.54 Å². The smallest absolute Gasteiger partial charge is 0.307 e. The molecule has 0 aliphatic rings. The molecule has 20 heavy (non-hydrogen) atoms. The van der Waals surface area contributed by atoms with Gasteiger partial charge in [-0.15, -0.1) is 11.3 Å². The van der Waals surface area contributed by atoms with E-state index in [-0.39, 0.29) is 0 Å². The Morgan fingerprint density at radius 1 is 1.60 bits per heavy atom. The molecule has 7 heteroatoms. The maximum absolute atomic E-state index is 10.9. The van der Waals surface area contributed by atoms with Crippen molar-refractivity contribution in [3.63, 3.8) is 0 Å². The molecule has 6 nitrogen and oxygen atoms in total. The van der Waals surface area contributed by atoms with Crippen molar-refractivity contribution >= 4 is 17.3 Å². The fourth-order valence-corrected chi connectivity index (χ4v) is 2.44. The van der Waals surface area contributed by atoms with Gasteiger partial charge in [-0.1, -0.05) is 25.1 Å². The predicted octanol–water partition coefficient (Wildman–Crippen LogP) is 2.34. The van der Waals surface area contributed by atoms with Gasteiger partial charge in [0.1, 0.15) is 0 Å². The summed E-state index contributed by atoms with van der Waals surface area (Å²) in [6, 6.07) is 3.87. The lowest BCUT2D eigenvalue weighted by Gasteiger charge is -2.20. The van der Waals surface area contributed by atoms with Crippen molar-refractivity contribution in [2.24, 2.45) is 5.92 Å². The number of nitrogens with zero attached hydrogens (tertiary/aromatic N) is 3. The minimum absolute atomic E-state index is 0.422. The molecule has 0 aliphatic carbocycles. The van der Waals surface area contributed by atoms with Crippen molar-refractivity contribution in [1.29, 1.82) is 0 Å². The molecule has 0 aromatic carbocycles. The molecule has 0 saturated heterocycles. The van der Waals surface area contributed by atoms with Gasteiger partial charge in [-0.25, -0.2) is 0 Å². The predicted molar refractivity (Wildman–Crippen MR) is 75.4 cm³/mol. The van der Waals surface area contributed by atoms with Crippen molar-refractivity contribution in [3.8, 4) is 10.7 Å². The first-order valence-electron chi connectivity index (χ1n) is 6.41. The third-order valence-corrected chi connectivity index (χ3v) is 3.84. The average Bonchev–Trinajstić information content (AvgIpc) is 3.08. The molecule has 108 valence electrons. The van der Waals surface area contributed by atoms with Crippen LogP contribution in [0.3, 0.4) is 0 Å². The van der Waals surface area contributed by atoms with Gasteiger partial charge in [0.2, 0.25) is 11.7 Å². The molecule has 2 rings (SSSR count). The van der Waals surface area contributed by atoms with Gasteiger partial charge < -0.3 is 9.63 Å². The molecule has 2 aromatic rings. The normalized spacial score (nSPS) is 12.8. The van der Waals surface area contributed by atoms with Crippen molar-refractivity contribution in [3.05, 3.63) is 23.4 Å². The number of carboxylic acid groups (broad SMARTS) is 1. The van der Waals surface area contributed by atoms with Crippen LogP contribution in [0.4, 0.5) is 0 Å². The quantitative estimate of drug-likeness (QED) is 0.844. The number of thiophene rings is 1. The Labute approximate surface area is 121 Å². The highest BCUT2D eigenvalue weighted by atomic mass is 32.1.